The Morgan fingerprint density at radius 2 is 1.81 bits per heavy atom. The fourth-order valence-corrected chi connectivity index (χ4v) is 1.18. The molecule has 0 aliphatic carbocycles. The molecule has 9 heteroatoms. The lowest BCUT2D eigenvalue weighted by molar-refractivity contribution is -0.137. The van der Waals surface area contributed by atoms with Crippen molar-refractivity contribution in [2.75, 3.05) is 6.61 Å². The largest absolute Gasteiger partial charge is 0.460 e. The number of ether oxygens (including phenoxy) is 1. The van der Waals surface area contributed by atoms with E-state index in [-0.39, 0.29) is 12.2 Å². The van der Waals surface area contributed by atoms with E-state index in [0.717, 1.165) is 24.3 Å². The topological polar surface area (TPSA) is 91.0 Å². The van der Waals surface area contributed by atoms with Gasteiger partial charge in [0.25, 0.3) is 0 Å². The molecule has 2 N–H and O–H groups in total. The van der Waals surface area contributed by atoms with Crippen LogP contribution in [0.3, 0.4) is 0 Å². The molecule has 0 bridgehead atoms. The summed E-state index contributed by atoms with van der Waals surface area (Å²) in [7, 11) is 0. The number of oxime groups is 1. The summed E-state index contributed by atoms with van der Waals surface area (Å²) in [6, 6.07) is 3.27. The summed E-state index contributed by atoms with van der Waals surface area (Å²) < 4.78 is 41.5. The highest BCUT2D eigenvalue weighted by molar-refractivity contribution is 6.34. The summed E-state index contributed by atoms with van der Waals surface area (Å²) in [5.41, 5.74) is 4.07. The number of carbonyl (C=O) groups is 2. The van der Waals surface area contributed by atoms with Gasteiger partial charge in [0.2, 0.25) is 5.84 Å². The molecule has 6 nitrogen and oxygen atoms in total. The molecule has 0 aliphatic heterocycles. The van der Waals surface area contributed by atoms with Crippen molar-refractivity contribution in [3.63, 3.8) is 0 Å². The number of esters is 1. The van der Waals surface area contributed by atoms with Gasteiger partial charge in [-0.15, -0.1) is 0 Å². The van der Waals surface area contributed by atoms with Crippen LogP contribution in [-0.4, -0.2) is 24.4 Å². The number of nitrogens with two attached hydrogens (primary N) is 1. The van der Waals surface area contributed by atoms with E-state index in [1.165, 1.54) is 0 Å². The summed E-state index contributed by atoms with van der Waals surface area (Å²) in [6.45, 7) is 1.60. The summed E-state index contributed by atoms with van der Waals surface area (Å²) >= 11 is 0. The normalized spacial score (nSPS) is 11.9. The molecular weight excluding hydrogens is 293 g/mol. The number of hydrogen-bond acceptors (Lipinski definition) is 5. The van der Waals surface area contributed by atoms with Crippen molar-refractivity contribution in [3.8, 4) is 0 Å². The Kier molecular flexibility index (Phi) is 5.28. The molecule has 0 amide bonds. The Morgan fingerprint density at radius 1 is 1.24 bits per heavy atom. The van der Waals surface area contributed by atoms with Gasteiger partial charge in [0, 0.05) is 0 Å². The van der Waals surface area contributed by atoms with Crippen LogP contribution < -0.4 is 5.73 Å². The maximum Gasteiger partial charge on any atom is 0.416 e. The van der Waals surface area contributed by atoms with Gasteiger partial charge in [-0.25, -0.2) is 9.59 Å². The first-order chi connectivity index (χ1) is 9.75. The van der Waals surface area contributed by atoms with Gasteiger partial charge < -0.3 is 15.3 Å². The smallest absolute Gasteiger partial charge is 0.416 e. The lowest BCUT2D eigenvalue weighted by Crippen LogP contribution is -2.26. The minimum atomic E-state index is -4.51. The van der Waals surface area contributed by atoms with E-state index in [9.17, 15) is 22.8 Å². The van der Waals surface area contributed by atoms with E-state index in [1.54, 1.807) is 6.92 Å². The number of benzene rings is 1. The maximum atomic E-state index is 12.3. The Bertz CT molecular complexity index is 553. The molecule has 21 heavy (non-hydrogen) atoms. The molecule has 1 aromatic rings. The zero-order valence-electron chi connectivity index (χ0n) is 10.8. The van der Waals surface area contributed by atoms with Crippen LogP contribution in [0.4, 0.5) is 13.2 Å². The third-order valence-electron chi connectivity index (χ3n) is 2.16. The molecular formula is C12H11F3N2O4. The van der Waals surface area contributed by atoms with E-state index in [1.807, 2.05) is 0 Å². The van der Waals surface area contributed by atoms with Crippen molar-refractivity contribution in [1.82, 2.24) is 0 Å². The van der Waals surface area contributed by atoms with Gasteiger partial charge in [-0.3, -0.25) is 0 Å². The molecule has 0 spiro atoms. The highest BCUT2D eigenvalue weighted by Gasteiger charge is 2.30. The third kappa shape index (κ3) is 4.79. The van der Waals surface area contributed by atoms with Crippen molar-refractivity contribution >= 4 is 17.8 Å². The first-order valence-corrected chi connectivity index (χ1v) is 5.65. The van der Waals surface area contributed by atoms with E-state index in [0.29, 0.717) is 0 Å². The van der Waals surface area contributed by atoms with Gasteiger partial charge >= 0.3 is 18.1 Å². The molecule has 1 aromatic carbocycles. The fraction of sp³-hybridized carbons (Fsp3) is 0.250. The molecule has 0 saturated heterocycles. The van der Waals surface area contributed by atoms with E-state index >= 15 is 0 Å². The zero-order valence-corrected chi connectivity index (χ0v) is 10.8. The summed E-state index contributed by atoms with van der Waals surface area (Å²) in [4.78, 5) is 26.8. The quantitative estimate of drug-likeness (QED) is 0.302. The summed E-state index contributed by atoms with van der Waals surface area (Å²) in [5, 5.41) is 3.04. The number of halogens is 3. The fourth-order valence-electron chi connectivity index (χ4n) is 1.18. The van der Waals surface area contributed by atoms with Gasteiger partial charge in [0.05, 0.1) is 17.7 Å². The molecule has 0 unspecified atom stereocenters. The number of rotatable bonds is 3. The van der Waals surface area contributed by atoms with Gasteiger partial charge in [-0.2, -0.15) is 13.2 Å². The predicted octanol–water partition coefficient (Wildman–Crippen LogP) is 1.70. The Balaban J connectivity index is 2.72. The lowest BCUT2D eigenvalue weighted by Gasteiger charge is -2.06. The minimum absolute atomic E-state index is 0.0574. The van der Waals surface area contributed by atoms with Crippen LogP contribution in [0.15, 0.2) is 29.4 Å². The molecule has 0 heterocycles. The average molecular weight is 304 g/mol. The molecule has 114 valence electrons. The number of hydrogen-bond donors (Lipinski definition) is 1. The average Bonchev–Trinajstić information content (AvgIpc) is 2.43. The highest BCUT2D eigenvalue weighted by Crippen LogP contribution is 2.29. The van der Waals surface area contributed by atoms with Crippen molar-refractivity contribution in [2.45, 2.75) is 13.1 Å². The van der Waals surface area contributed by atoms with Crippen molar-refractivity contribution < 1.29 is 32.3 Å². The molecule has 0 aliphatic rings. The molecule has 0 saturated carbocycles. The third-order valence-corrected chi connectivity index (χ3v) is 2.16. The number of alkyl halides is 3. The summed E-state index contributed by atoms with van der Waals surface area (Å²) in [6.07, 6.45) is -4.51. The first kappa shape index (κ1) is 16.5. The molecule has 1 rings (SSSR count). The van der Waals surface area contributed by atoms with Crippen LogP contribution in [0.1, 0.15) is 22.8 Å². The van der Waals surface area contributed by atoms with Crippen LogP contribution in [0.2, 0.25) is 0 Å². The van der Waals surface area contributed by atoms with Gasteiger partial charge in [-0.1, -0.05) is 0 Å². The Labute approximate surface area is 117 Å². The molecule has 0 atom stereocenters. The van der Waals surface area contributed by atoms with Crippen molar-refractivity contribution in [3.05, 3.63) is 35.4 Å². The number of amidine groups is 1. The lowest BCUT2D eigenvalue weighted by atomic mass is 10.1. The SMILES string of the molecule is CCOC(=O)/C(N)=N\OC(=O)c1ccc(C(F)(F)F)cc1. The van der Waals surface area contributed by atoms with Crippen LogP contribution in [0, 0.1) is 0 Å². The minimum Gasteiger partial charge on any atom is -0.460 e. The predicted molar refractivity (Wildman–Crippen MR) is 65.1 cm³/mol. The second-order valence-electron chi connectivity index (χ2n) is 3.65. The zero-order chi connectivity index (χ0) is 16.0. The summed E-state index contributed by atoms with van der Waals surface area (Å²) in [5.74, 6) is -2.72. The molecule has 0 fully saturated rings. The number of nitrogens with zero attached hydrogens (tertiary/aromatic N) is 1. The van der Waals surface area contributed by atoms with Gasteiger partial charge in [0.15, 0.2) is 0 Å². The monoisotopic (exact) mass is 304 g/mol. The van der Waals surface area contributed by atoms with Gasteiger partial charge in [0.1, 0.15) is 0 Å². The highest BCUT2D eigenvalue weighted by atomic mass is 19.4. The van der Waals surface area contributed by atoms with Crippen LogP contribution in [0.5, 0.6) is 0 Å². The van der Waals surface area contributed by atoms with E-state index < -0.39 is 29.5 Å². The Morgan fingerprint density at radius 3 is 2.29 bits per heavy atom. The molecule has 0 radical (unpaired) electrons. The maximum absolute atomic E-state index is 12.3. The van der Waals surface area contributed by atoms with Crippen molar-refractivity contribution in [2.24, 2.45) is 10.9 Å². The second-order valence-corrected chi connectivity index (χ2v) is 3.65. The number of carbonyl (C=O) groups excluding carboxylic acids is 2. The van der Waals surface area contributed by atoms with E-state index in [4.69, 9.17) is 5.73 Å². The van der Waals surface area contributed by atoms with Crippen LogP contribution in [0.25, 0.3) is 0 Å². The molecule has 0 aromatic heterocycles. The second kappa shape index (κ2) is 6.73. The van der Waals surface area contributed by atoms with E-state index in [2.05, 4.69) is 14.7 Å². The van der Waals surface area contributed by atoms with Crippen LogP contribution >= 0.6 is 0 Å². The van der Waals surface area contributed by atoms with Gasteiger partial charge in [-0.05, 0) is 36.3 Å². The standard InChI is InChI=1S/C12H11F3N2O4/c1-2-20-11(19)9(16)17-21-10(18)7-3-5-8(6-4-7)12(13,14)15/h3-6H,2H2,1H3,(H2,16,17). The Hall–Kier alpha value is -2.58. The van der Waals surface area contributed by atoms with Crippen LogP contribution in [-0.2, 0) is 20.5 Å². The van der Waals surface area contributed by atoms with Crippen molar-refractivity contribution in [1.29, 1.82) is 0 Å². The first-order valence-electron chi connectivity index (χ1n) is 5.65.